The second-order valence-electron chi connectivity index (χ2n) is 10.7. The molecule has 2 unspecified atom stereocenters. The zero-order chi connectivity index (χ0) is 32.8. The van der Waals surface area contributed by atoms with Crippen LogP contribution < -0.4 is 25.6 Å². The first-order valence-electron chi connectivity index (χ1n) is 13.3. The van der Waals surface area contributed by atoms with Crippen molar-refractivity contribution in [1.29, 1.82) is 0 Å². The minimum Gasteiger partial charge on any atom is -0.543 e. The van der Waals surface area contributed by atoms with E-state index >= 15 is 0 Å². The van der Waals surface area contributed by atoms with Gasteiger partial charge in [0.2, 0.25) is 5.60 Å². The van der Waals surface area contributed by atoms with E-state index in [-0.39, 0.29) is 32.9 Å². The fourth-order valence-corrected chi connectivity index (χ4v) is 7.52. The number of carbonyl (C=O) groups is 4. The van der Waals surface area contributed by atoms with Crippen molar-refractivity contribution in [1.82, 2.24) is 24.6 Å². The van der Waals surface area contributed by atoms with Gasteiger partial charge in [0.1, 0.15) is 29.6 Å². The summed E-state index contributed by atoms with van der Waals surface area (Å²) >= 11 is 3.53. The van der Waals surface area contributed by atoms with E-state index in [4.69, 9.17) is 15.6 Å². The number of hydrogen-bond acceptors (Lipinski definition) is 14. The Bertz CT molecular complexity index is 1780. The number of aryl methyl sites for hydroxylation is 1. The number of imidazole rings is 1. The van der Waals surface area contributed by atoms with Crippen molar-refractivity contribution in [2.24, 2.45) is 12.2 Å². The molecule has 1 fully saturated rings. The standard InChI is InChI=1S/C26H29N9O7S3/c1-26(2,23(40)41)42-31-16(13-9-28-24(27)45-13)19(36)30-17-20(37)35-18(22(38)39)12(10-43-21(17)35)11-44-25-29-14(32(3)4)8-15-33(5)6-7-34(15)25/h6-9,17,21H,10-11H2,1-5H3,(H4-,27,28,30,31,36,38,39,40,41). The Kier molecular flexibility index (Phi) is 8.69. The van der Waals surface area contributed by atoms with Gasteiger partial charge >= 0.3 is 5.97 Å². The number of carboxylic acid groups (broad SMARTS) is 2. The van der Waals surface area contributed by atoms with Crippen LogP contribution in [0.2, 0.25) is 0 Å². The lowest BCUT2D eigenvalue weighted by Crippen LogP contribution is -2.71. The maximum atomic E-state index is 13.3. The minimum atomic E-state index is -1.76. The number of rotatable bonds is 11. The number of hydrogen-bond donors (Lipinski definition) is 3. The Balaban J connectivity index is 1.36. The molecule has 0 bridgehead atoms. The highest BCUT2D eigenvalue weighted by Crippen LogP contribution is 2.41. The van der Waals surface area contributed by atoms with Gasteiger partial charge in [-0.3, -0.25) is 14.5 Å². The molecule has 0 radical (unpaired) electrons. The smallest absolute Gasteiger partial charge is 0.350 e. The number of β-lactam (4-membered cyclic amide) rings is 1. The van der Waals surface area contributed by atoms with Crippen molar-refractivity contribution in [3.05, 3.63) is 40.8 Å². The Morgan fingerprint density at radius 1 is 1.38 bits per heavy atom. The third-order valence-corrected chi connectivity index (χ3v) is 10.1. The van der Waals surface area contributed by atoms with E-state index in [2.05, 4.69) is 15.5 Å². The van der Waals surface area contributed by atoms with E-state index in [1.807, 2.05) is 53.5 Å². The Morgan fingerprint density at radius 3 is 2.73 bits per heavy atom. The number of thioether (sulfide) groups is 2. The summed E-state index contributed by atoms with van der Waals surface area (Å²) < 4.78 is 3.84. The topological polar surface area (TPSA) is 212 Å². The van der Waals surface area contributed by atoms with Crippen LogP contribution in [0.4, 0.5) is 10.9 Å². The van der Waals surface area contributed by atoms with Gasteiger partial charge in [-0.2, -0.15) is 9.38 Å². The number of carbonyl (C=O) groups excluding carboxylic acids is 3. The summed E-state index contributed by atoms with van der Waals surface area (Å²) in [4.78, 5) is 67.3. The molecule has 45 heavy (non-hydrogen) atoms. The van der Waals surface area contributed by atoms with Crippen LogP contribution in [0.15, 0.2) is 46.2 Å². The largest absolute Gasteiger partial charge is 0.543 e. The molecule has 5 rings (SSSR count). The predicted octanol–water partition coefficient (Wildman–Crippen LogP) is -0.956. The van der Waals surface area contributed by atoms with Gasteiger partial charge in [0.05, 0.1) is 29.7 Å². The number of oxime groups is 1. The molecule has 0 aliphatic carbocycles. The van der Waals surface area contributed by atoms with E-state index in [1.165, 1.54) is 43.6 Å². The average molecular weight is 676 g/mol. The number of nitrogens with zero attached hydrogens (tertiary/aromatic N) is 7. The molecular formula is C26H29N9O7S3. The van der Waals surface area contributed by atoms with Gasteiger partial charge in [0.15, 0.2) is 10.8 Å². The molecule has 1 saturated heterocycles. The highest BCUT2D eigenvalue weighted by Gasteiger charge is 2.53. The predicted molar refractivity (Wildman–Crippen MR) is 164 cm³/mol. The van der Waals surface area contributed by atoms with Gasteiger partial charge in [-0.05, 0) is 19.4 Å². The molecule has 2 atom stereocenters. The van der Waals surface area contributed by atoms with Crippen LogP contribution >= 0.6 is 34.9 Å². The number of thiazole rings is 1. The minimum absolute atomic E-state index is 0.126. The first-order valence-corrected chi connectivity index (χ1v) is 16.1. The number of nitrogens with two attached hydrogens (primary N) is 1. The normalized spacial score (nSPS) is 18.5. The number of nitrogen functional groups attached to an aromatic ring is 1. The second-order valence-corrected chi connectivity index (χ2v) is 13.8. The van der Waals surface area contributed by atoms with Gasteiger partial charge < -0.3 is 35.8 Å². The molecule has 238 valence electrons. The van der Waals surface area contributed by atoms with Gasteiger partial charge in [0, 0.05) is 31.8 Å². The van der Waals surface area contributed by atoms with Gasteiger partial charge in [-0.25, -0.2) is 14.3 Å². The van der Waals surface area contributed by atoms with Crippen LogP contribution in [0.5, 0.6) is 0 Å². The summed E-state index contributed by atoms with van der Waals surface area (Å²) in [6, 6.07) is 0.843. The number of nitrogens with one attached hydrogen (secondary N) is 1. The monoisotopic (exact) mass is 675 g/mol. The van der Waals surface area contributed by atoms with Crippen LogP contribution in [0.25, 0.3) is 5.65 Å². The summed E-state index contributed by atoms with van der Waals surface area (Å²) in [6.07, 6.45) is 5.02. The molecular weight excluding hydrogens is 647 g/mol. The second kappa shape index (κ2) is 12.2. The van der Waals surface area contributed by atoms with E-state index in [9.17, 15) is 29.4 Å². The number of fused-ring (bicyclic) bond motifs is 2. The maximum Gasteiger partial charge on any atom is 0.350 e. The summed E-state index contributed by atoms with van der Waals surface area (Å²) in [5.74, 6) is -3.11. The van der Waals surface area contributed by atoms with Crippen LogP contribution in [0.3, 0.4) is 0 Å². The van der Waals surface area contributed by atoms with E-state index in [0.717, 1.165) is 27.7 Å². The van der Waals surface area contributed by atoms with Gasteiger partial charge in [0.25, 0.3) is 22.6 Å². The molecule has 2 amide bonds. The molecule has 19 heteroatoms. The quantitative estimate of drug-likeness (QED) is 0.0559. The van der Waals surface area contributed by atoms with E-state index in [0.29, 0.717) is 10.7 Å². The average Bonchev–Trinajstić information content (AvgIpc) is 3.58. The van der Waals surface area contributed by atoms with Crippen LogP contribution in [0, 0.1) is 0 Å². The van der Waals surface area contributed by atoms with Crippen molar-refractivity contribution < 1.29 is 38.8 Å². The number of carboxylic acids is 2. The first-order chi connectivity index (χ1) is 21.2. The zero-order valence-corrected chi connectivity index (χ0v) is 27.2. The maximum absolute atomic E-state index is 13.3. The van der Waals surface area contributed by atoms with Gasteiger partial charge in [-0.15, -0.1) is 11.8 Å². The summed E-state index contributed by atoms with van der Waals surface area (Å²) in [7, 11) is 5.66. The number of amides is 2. The van der Waals surface area contributed by atoms with Crippen molar-refractivity contribution in [3.8, 4) is 0 Å². The molecule has 0 spiro atoms. The fourth-order valence-electron chi connectivity index (χ4n) is 4.39. The van der Waals surface area contributed by atoms with Crippen LogP contribution in [-0.2, 0) is 31.1 Å². The Labute approximate surface area is 268 Å². The Morgan fingerprint density at radius 2 is 2.11 bits per heavy atom. The fraction of sp³-hybridized carbons (Fsp3) is 0.385. The third-order valence-electron chi connectivity index (χ3n) is 6.94. The van der Waals surface area contributed by atoms with Crippen molar-refractivity contribution in [2.45, 2.75) is 36.0 Å². The van der Waals surface area contributed by atoms with Gasteiger partial charge in [-0.1, -0.05) is 28.3 Å². The summed E-state index contributed by atoms with van der Waals surface area (Å²) in [5, 5.41) is 28.1. The summed E-state index contributed by atoms with van der Waals surface area (Å²) in [6.45, 7) is 2.50. The van der Waals surface area contributed by atoms with Crippen LogP contribution in [-0.4, -0.2) is 96.5 Å². The molecule has 2 aliphatic rings. The molecule has 0 aromatic carbocycles. The lowest BCUT2D eigenvalue weighted by Gasteiger charge is -2.50. The molecule has 4 N–H and O–H groups in total. The van der Waals surface area contributed by atoms with Crippen molar-refractivity contribution in [2.75, 3.05) is 36.2 Å². The number of anilines is 2. The van der Waals surface area contributed by atoms with Crippen molar-refractivity contribution >= 4 is 80.9 Å². The molecule has 5 heterocycles. The molecule has 3 aromatic heterocycles. The number of aliphatic carboxylic acids is 2. The van der Waals surface area contributed by atoms with E-state index < -0.39 is 40.8 Å². The lowest BCUT2D eigenvalue weighted by molar-refractivity contribution is -0.644. The van der Waals surface area contributed by atoms with Crippen molar-refractivity contribution in [3.63, 3.8) is 0 Å². The Hall–Kier alpha value is -4.36. The highest BCUT2D eigenvalue weighted by molar-refractivity contribution is 8.01. The SMILES string of the molecule is CN(C)c1cc2n(cc[n+]2C)c(SCC2=C(C(=O)[O-])N3C(=O)C(NC(=O)/C(=N\OC(C)(C)C(=O)O)c4cnc(N)s4)C3SC2)n1. The lowest BCUT2D eigenvalue weighted by atomic mass is 10.0. The molecule has 16 nitrogen and oxygen atoms in total. The van der Waals surface area contributed by atoms with Crippen LogP contribution in [0.1, 0.15) is 18.7 Å². The third kappa shape index (κ3) is 6.14. The molecule has 3 aromatic rings. The zero-order valence-electron chi connectivity index (χ0n) is 24.7. The molecule has 2 aliphatic heterocycles. The first kappa shape index (κ1) is 32.0. The molecule has 0 saturated carbocycles. The van der Waals surface area contributed by atoms with E-state index in [1.54, 1.807) is 0 Å². The highest BCUT2D eigenvalue weighted by atomic mass is 32.2. The number of aromatic nitrogens is 4. The summed E-state index contributed by atoms with van der Waals surface area (Å²) in [5.41, 5.74) is 4.74.